The highest BCUT2D eigenvalue weighted by atomic mass is 32.2. The highest BCUT2D eigenvalue weighted by Gasteiger charge is 2.61. The number of amides is 1. The molecule has 0 unspecified atom stereocenters. The molecule has 3 atom stereocenters. The van der Waals surface area contributed by atoms with E-state index in [2.05, 4.69) is 5.32 Å². The van der Waals surface area contributed by atoms with Crippen molar-refractivity contribution in [2.24, 2.45) is 17.3 Å². The van der Waals surface area contributed by atoms with Crippen LogP contribution in [-0.4, -0.2) is 54.7 Å². The largest absolute Gasteiger partial charge is 0.455 e. The van der Waals surface area contributed by atoms with Gasteiger partial charge >= 0.3 is 5.97 Å². The summed E-state index contributed by atoms with van der Waals surface area (Å²) in [7, 11) is -3.12. The van der Waals surface area contributed by atoms with E-state index in [0.717, 1.165) is 32.1 Å². The lowest BCUT2D eigenvalue weighted by atomic mass is 9.48. The third kappa shape index (κ3) is 3.26. The summed E-state index contributed by atoms with van der Waals surface area (Å²) >= 11 is 0. The van der Waals surface area contributed by atoms with Crippen molar-refractivity contribution in [2.45, 2.75) is 63.0 Å². The van der Waals surface area contributed by atoms with Gasteiger partial charge in [0, 0.05) is 0 Å². The first kappa shape index (κ1) is 18.2. The van der Waals surface area contributed by atoms with Crippen LogP contribution < -0.4 is 5.32 Å². The molecule has 1 saturated heterocycles. The predicted octanol–water partition coefficient (Wildman–Crippen LogP) is 0.554. The second kappa shape index (κ2) is 5.67. The minimum Gasteiger partial charge on any atom is -0.455 e. The second-order valence-corrected chi connectivity index (χ2v) is 11.7. The minimum atomic E-state index is -3.12. The summed E-state index contributed by atoms with van der Waals surface area (Å²) in [5.41, 5.74) is -2.20. The summed E-state index contributed by atoms with van der Waals surface area (Å²) < 4.78 is 28.6. The van der Waals surface area contributed by atoms with E-state index in [4.69, 9.17) is 4.74 Å². The zero-order chi connectivity index (χ0) is 18.8. The third-order valence-corrected chi connectivity index (χ3v) is 8.65. The fraction of sp³-hybridized carbons (Fsp3) is 0.889. The molecule has 2 N–H and O–H groups in total. The first-order valence-corrected chi connectivity index (χ1v) is 11.2. The molecule has 5 aliphatic rings. The van der Waals surface area contributed by atoms with Gasteiger partial charge in [0.2, 0.25) is 0 Å². The highest BCUT2D eigenvalue weighted by Crippen LogP contribution is 2.61. The van der Waals surface area contributed by atoms with Crippen LogP contribution in [0.1, 0.15) is 51.9 Å². The Labute approximate surface area is 153 Å². The summed E-state index contributed by atoms with van der Waals surface area (Å²) in [5, 5.41) is 13.4. The number of aliphatic hydroxyl groups is 1. The summed E-state index contributed by atoms with van der Waals surface area (Å²) in [6, 6.07) is 0. The fourth-order valence-corrected chi connectivity index (χ4v) is 8.31. The van der Waals surface area contributed by atoms with Crippen molar-refractivity contribution in [1.29, 1.82) is 0 Å². The Bertz CT molecular complexity index is 733. The van der Waals surface area contributed by atoms with E-state index in [0.29, 0.717) is 24.7 Å². The Morgan fingerprint density at radius 3 is 2.38 bits per heavy atom. The van der Waals surface area contributed by atoms with Crippen molar-refractivity contribution >= 4 is 21.7 Å². The lowest BCUT2D eigenvalue weighted by Gasteiger charge is -2.58. The van der Waals surface area contributed by atoms with Gasteiger partial charge in [-0.2, -0.15) is 0 Å². The zero-order valence-electron chi connectivity index (χ0n) is 15.1. The van der Waals surface area contributed by atoms with Gasteiger partial charge in [0.05, 0.1) is 28.1 Å². The van der Waals surface area contributed by atoms with Crippen LogP contribution in [-0.2, 0) is 24.2 Å². The van der Waals surface area contributed by atoms with Crippen LogP contribution in [0.3, 0.4) is 0 Å². The molecule has 146 valence electrons. The molecule has 4 bridgehead atoms. The Kier molecular flexibility index (Phi) is 3.98. The van der Waals surface area contributed by atoms with Crippen LogP contribution in [0.4, 0.5) is 0 Å². The van der Waals surface area contributed by atoms with E-state index in [-0.39, 0.29) is 17.5 Å². The zero-order valence-corrected chi connectivity index (χ0v) is 15.9. The maximum atomic E-state index is 12.8. The lowest BCUT2D eigenvalue weighted by Crippen LogP contribution is -2.58. The SMILES string of the molecule is C[C@]1(NC(=O)COC(=O)C23C[C@H]4C[C@@H](CC(O)(C4)C2)C3)CCS(=O)(=O)C1. The number of rotatable bonds is 4. The molecule has 0 aromatic carbocycles. The van der Waals surface area contributed by atoms with Gasteiger partial charge < -0.3 is 15.2 Å². The summed E-state index contributed by atoms with van der Waals surface area (Å²) in [5.74, 6) is -0.144. The molecule has 26 heavy (non-hydrogen) atoms. The molecule has 8 heteroatoms. The smallest absolute Gasteiger partial charge is 0.312 e. The van der Waals surface area contributed by atoms with Crippen LogP contribution in [0.15, 0.2) is 0 Å². The normalized spacial score (nSPS) is 45.5. The first-order chi connectivity index (χ1) is 12.0. The molecule has 1 aliphatic heterocycles. The summed E-state index contributed by atoms with van der Waals surface area (Å²) in [4.78, 5) is 24.9. The number of carbonyl (C=O) groups excluding carboxylic acids is 2. The Balaban J connectivity index is 1.35. The van der Waals surface area contributed by atoms with Crippen molar-refractivity contribution in [3.63, 3.8) is 0 Å². The highest BCUT2D eigenvalue weighted by molar-refractivity contribution is 7.91. The maximum absolute atomic E-state index is 12.8. The maximum Gasteiger partial charge on any atom is 0.312 e. The summed E-state index contributed by atoms with van der Waals surface area (Å²) in [6.45, 7) is 1.30. The molecular weight excluding hydrogens is 358 g/mol. The van der Waals surface area contributed by atoms with E-state index in [9.17, 15) is 23.1 Å². The Morgan fingerprint density at radius 1 is 1.19 bits per heavy atom. The fourth-order valence-electron chi connectivity index (χ4n) is 6.22. The van der Waals surface area contributed by atoms with Crippen molar-refractivity contribution in [3.8, 4) is 0 Å². The average molecular weight is 385 g/mol. The number of carbonyl (C=O) groups is 2. The van der Waals surface area contributed by atoms with Crippen LogP contribution in [0.5, 0.6) is 0 Å². The topological polar surface area (TPSA) is 110 Å². The first-order valence-electron chi connectivity index (χ1n) is 9.42. The van der Waals surface area contributed by atoms with Gasteiger partial charge in [0.1, 0.15) is 0 Å². The second-order valence-electron chi connectivity index (χ2n) is 9.49. The third-order valence-electron chi connectivity index (χ3n) is 6.74. The van der Waals surface area contributed by atoms with Crippen molar-refractivity contribution in [3.05, 3.63) is 0 Å². The molecule has 0 aromatic heterocycles. The summed E-state index contributed by atoms with van der Waals surface area (Å²) in [6.07, 6.45) is 4.89. The van der Waals surface area contributed by atoms with Gasteiger partial charge in [-0.3, -0.25) is 9.59 Å². The van der Waals surface area contributed by atoms with E-state index >= 15 is 0 Å². The molecule has 1 amide bonds. The monoisotopic (exact) mass is 385 g/mol. The van der Waals surface area contributed by atoms with Crippen molar-refractivity contribution < 1.29 is 27.9 Å². The Hall–Kier alpha value is -1.15. The standard InChI is InChI=1S/C18H27NO6S/c1-16(2-3-26(23,24)11-16)19-14(20)9-25-15(21)17-5-12-4-13(6-17)8-18(22,7-12)10-17/h12-13,22H,2-11H2,1H3,(H,19,20)/t12-,13-,16+,17?,18?/m1/s1. The average Bonchev–Trinajstić information content (AvgIpc) is 2.75. The van der Waals surface area contributed by atoms with Crippen LogP contribution >= 0.6 is 0 Å². The Morgan fingerprint density at radius 2 is 1.85 bits per heavy atom. The van der Waals surface area contributed by atoms with E-state index < -0.39 is 38.9 Å². The number of nitrogens with one attached hydrogen (secondary N) is 1. The molecule has 5 rings (SSSR count). The molecule has 5 fully saturated rings. The minimum absolute atomic E-state index is 0.0635. The molecular formula is C18H27NO6S. The molecule has 0 spiro atoms. The molecule has 1 heterocycles. The molecule has 4 aliphatic carbocycles. The van der Waals surface area contributed by atoms with Crippen LogP contribution in [0.25, 0.3) is 0 Å². The van der Waals surface area contributed by atoms with E-state index in [1.54, 1.807) is 6.92 Å². The van der Waals surface area contributed by atoms with Crippen molar-refractivity contribution in [2.75, 3.05) is 18.1 Å². The number of hydrogen-bond acceptors (Lipinski definition) is 6. The van der Waals surface area contributed by atoms with Gasteiger partial charge in [-0.25, -0.2) is 8.42 Å². The van der Waals surface area contributed by atoms with Gasteiger partial charge in [0.25, 0.3) is 5.91 Å². The predicted molar refractivity (Wildman–Crippen MR) is 92.8 cm³/mol. The number of ether oxygens (including phenoxy) is 1. The molecule has 4 saturated carbocycles. The van der Waals surface area contributed by atoms with Gasteiger partial charge in [-0.1, -0.05) is 0 Å². The quantitative estimate of drug-likeness (QED) is 0.684. The van der Waals surface area contributed by atoms with Gasteiger partial charge in [0.15, 0.2) is 16.4 Å². The number of esters is 1. The van der Waals surface area contributed by atoms with Gasteiger partial charge in [-0.15, -0.1) is 0 Å². The number of hydrogen-bond donors (Lipinski definition) is 2. The van der Waals surface area contributed by atoms with Crippen LogP contribution in [0, 0.1) is 17.3 Å². The number of sulfone groups is 1. The van der Waals surface area contributed by atoms with Crippen molar-refractivity contribution in [1.82, 2.24) is 5.32 Å². The molecule has 0 aromatic rings. The molecule has 7 nitrogen and oxygen atoms in total. The van der Waals surface area contributed by atoms with Crippen LogP contribution in [0.2, 0.25) is 0 Å². The lowest BCUT2D eigenvalue weighted by molar-refractivity contribution is -0.196. The van der Waals surface area contributed by atoms with E-state index in [1.165, 1.54) is 0 Å². The van der Waals surface area contributed by atoms with E-state index in [1.807, 2.05) is 0 Å². The van der Waals surface area contributed by atoms with Gasteiger partial charge in [-0.05, 0) is 63.7 Å². The molecule has 0 radical (unpaired) electrons.